The number of rotatable bonds is 4. The maximum atomic E-state index is 6.28. The lowest BCUT2D eigenvalue weighted by Gasteiger charge is -2.22. The Bertz CT molecular complexity index is 2000. The first-order chi connectivity index (χ1) is 20.3. The summed E-state index contributed by atoms with van der Waals surface area (Å²) in [6, 6.07) is 32.9. The van der Waals surface area contributed by atoms with E-state index in [4.69, 9.17) is 24.7 Å². The minimum atomic E-state index is 0.105. The molecule has 0 saturated carbocycles. The lowest BCUT2D eigenvalue weighted by atomic mass is 9.91. The van der Waals surface area contributed by atoms with E-state index in [1.54, 1.807) is 0 Å². The molecule has 3 heterocycles. The second kappa shape index (κ2) is 9.65. The van der Waals surface area contributed by atoms with Gasteiger partial charge < -0.3 is 4.74 Å². The fourth-order valence-corrected chi connectivity index (χ4v) is 5.68. The van der Waals surface area contributed by atoms with Crippen LogP contribution in [0.15, 0.2) is 128 Å². The van der Waals surface area contributed by atoms with Crippen LogP contribution in [0.25, 0.3) is 55.9 Å². The maximum absolute atomic E-state index is 6.28. The molecule has 2 aliphatic rings. The summed E-state index contributed by atoms with van der Waals surface area (Å²) >= 11 is 0. The van der Waals surface area contributed by atoms with Gasteiger partial charge >= 0.3 is 0 Å². The number of ether oxygens (including phenoxy) is 1. The maximum Gasteiger partial charge on any atom is 0.182 e. The molecule has 8 rings (SSSR count). The van der Waals surface area contributed by atoms with Gasteiger partial charge in [-0.05, 0) is 47.2 Å². The third-order valence-corrected chi connectivity index (χ3v) is 7.70. The number of pyridine rings is 1. The minimum absolute atomic E-state index is 0.105. The second-order valence-corrected chi connectivity index (χ2v) is 10.2. The summed E-state index contributed by atoms with van der Waals surface area (Å²) < 4.78 is 6.28. The first-order valence-corrected chi connectivity index (χ1v) is 13.8. The number of nitrogens with zero attached hydrogens (tertiary/aromatic N) is 4. The van der Waals surface area contributed by atoms with Crippen molar-refractivity contribution in [3.8, 4) is 56.7 Å². The molecule has 1 aliphatic carbocycles. The van der Waals surface area contributed by atoms with Crippen LogP contribution in [0.5, 0.6) is 11.5 Å². The van der Waals surface area contributed by atoms with Crippen molar-refractivity contribution < 1.29 is 4.74 Å². The van der Waals surface area contributed by atoms with Crippen LogP contribution in [0.1, 0.15) is 18.2 Å². The van der Waals surface area contributed by atoms with E-state index in [-0.39, 0.29) is 5.92 Å². The Labute approximate surface area is 237 Å². The van der Waals surface area contributed by atoms with Crippen molar-refractivity contribution in [3.63, 3.8) is 0 Å². The number of hydrogen-bond acceptors (Lipinski definition) is 5. The standard InChI is InChI=1S/C36H24N4O/c1-3-10-23(11-4-1)34-38-35(24-12-5-2-6-13-24)40-36(39-34)30-20-18-25(22-37-30)26-19-21-32-33-28(26)15-9-16-29(33)27-14-7-8-17-31(27)41-32/h1-12,14-22,24H,13H2. The quantitative estimate of drug-likeness (QED) is 0.228. The molecule has 41 heavy (non-hydrogen) atoms. The second-order valence-electron chi connectivity index (χ2n) is 10.2. The predicted octanol–water partition coefficient (Wildman–Crippen LogP) is 8.79. The SMILES string of the molecule is C1=CCC(c2nc(-c3ccccc3)nc(-c3ccc(-c4ccc5c6c(cccc46)-c4ccccc4O5)cn3)n2)C=C1. The van der Waals surface area contributed by atoms with Gasteiger partial charge in [-0.15, -0.1) is 0 Å². The molecular weight excluding hydrogens is 504 g/mol. The Morgan fingerprint density at radius 3 is 2.32 bits per heavy atom. The molecule has 5 heteroatoms. The number of aromatic nitrogens is 4. The fraction of sp³-hybridized carbons (Fsp3) is 0.0556. The summed E-state index contributed by atoms with van der Waals surface area (Å²) in [7, 11) is 0. The van der Waals surface area contributed by atoms with Crippen LogP contribution in [0.2, 0.25) is 0 Å². The lowest BCUT2D eigenvalue weighted by Crippen LogP contribution is -2.08. The summed E-state index contributed by atoms with van der Waals surface area (Å²) in [6.45, 7) is 0. The normalized spacial score (nSPS) is 15.0. The molecule has 0 N–H and O–H groups in total. The van der Waals surface area contributed by atoms with Gasteiger partial charge in [0.15, 0.2) is 11.6 Å². The fourth-order valence-electron chi connectivity index (χ4n) is 5.68. The van der Waals surface area contributed by atoms with Crippen LogP contribution in [-0.2, 0) is 0 Å². The van der Waals surface area contributed by atoms with Gasteiger partial charge in [-0.25, -0.2) is 15.0 Å². The van der Waals surface area contributed by atoms with Crippen LogP contribution < -0.4 is 4.74 Å². The zero-order chi connectivity index (χ0) is 27.2. The van der Waals surface area contributed by atoms with Gasteiger partial charge in [0.2, 0.25) is 0 Å². The highest BCUT2D eigenvalue weighted by Gasteiger charge is 2.22. The molecule has 4 aromatic carbocycles. The van der Waals surface area contributed by atoms with Gasteiger partial charge in [0.05, 0.1) is 0 Å². The van der Waals surface area contributed by atoms with E-state index in [1.807, 2.05) is 54.7 Å². The van der Waals surface area contributed by atoms with Crippen molar-refractivity contribution in [3.05, 3.63) is 133 Å². The van der Waals surface area contributed by atoms with E-state index < -0.39 is 0 Å². The molecule has 1 atom stereocenters. The molecule has 194 valence electrons. The largest absolute Gasteiger partial charge is 0.456 e. The summed E-state index contributed by atoms with van der Waals surface area (Å²) in [5, 5.41) is 2.26. The molecule has 0 amide bonds. The molecule has 0 radical (unpaired) electrons. The topological polar surface area (TPSA) is 60.8 Å². The first kappa shape index (κ1) is 23.5. The smallest absolute Gasteiger partial charge is 0.182 e. The molecule has 1 aliphatic heterocycles. The molecular formula is C36H24N4O. The van der Waals surface area contributed by atoms with E-state index in [0.717, 1.165) is 56.8 Å². The highest BCUT2D eigenvalue weighted by Crippen LogP contribution is 2.48. The van der Waals surface area contributed by atoms with Crippen LogP contribution >= 0.6 is 0 Å². The number of hydrogen-bond donors (Lipinski definition) is 0. The van der Waals surface area contributed by atoms with E-state index in [2.05, 4.69) is 72.8 Å². The van der Waals surface area contributed by atoms with E-state index in [1.165, 1.54) is 5.56 Å². The van der Waals surface area contributed by atoms with Crippen molar-refractivity contribution in [2.75, 3.05) is 0 Å². The average Bonchev–Trinajstić information content (AvgIpc) is 3.06. The Kier molecular flexibility index (Phi) is 5.52. The molecule has 1 unspecified atom stereocenters. The van der Waals surface area contributed by atoms with E-state index >= 15 is 0 Å². The molecule has 0 bridgehead atoms. The van der Waals surface area contributed by atoms with Crippen LogP contribution in [-0.4, -0.2) is 19.9 Å². The Morgan fingerprint density at radius 1 is 0.610 bits per heavy atom. The average molecular weight is 529 g/mol. The number of para-hydroxylation sites is 1. The Morgan fingerprint density at radius 2 is 1.46 bits per heavy atom. The van der Waals surface area contributed by atoms with Crippen molar-refractivity contribution in [1.29, 1.82) is 0 Å². The Hall–Kier alpha value is -5.42. The molecule has 0 fully saturated rings. The summed E-state index contributed by atoms with van der Waals surface area (Å²) in [5.41, 5.74) is 6.09. The molecule has 6 aromatic rings. The summed E-state index contributed by atoms with van der Waals surface area (Å²) in [6.07, 6.45) is 11.2. The third kappa shape index (κ3) is 4.10. The summed E-state index contributed by atoms with van der Waals surface area (Å²) in [4.78, 5) is 19.4. The lowest BCUT2D eigenvalue weighted by molar-refractivity contribution is 0.487. The monoisotopic (exact) mass is 528 g/mol. The van der Waals surface area contributed by atoms with Crippen molar-refractivity contribution in [2.45, 2.75) is 12.3 Å². The van der Waals surface area contributed by atoms with E-state index in [0.29, 0.717) is 17.3 Å². The van der Waals surface area contributed by atoms with Gasteiger partial charge in [0.1, 0.15) is 23.0 Å². The van der Waals surface area contributed by atoms with Crippen molar-refractivity contribution in [2.24, 2.45) is 0 Å². The number of fused-ring (bicyclic) bond motifs is 2. The number of benzene rings is 4. The van der Waals surface area contributed by atoms with Crippen molar-refractivity contribution >= 4 is 10.8 Å². The molecule has 0 saturated heterocycles. The molecule has 0 spiro atoms. The highest BCUT2D eigenvalue weighted by atomic mass is 16.5. The van der Waals surface area contributed by atoms with Crippen LogP contribution in [0.4, 0.5) is 0 Å². The van der Waals surface area contributed by atoms with Gasteiger partial charge in [-0.3, -0.25) is 4.98 Å². The molecule has 5 nitrogen and oxygen atoms in total. The zero-order valence-electron chi connectivity index (χ0n) is 22.1. The van der Waals surface area contributed by atoms with Gasteiger partial charge in [0.25, 0.3) is 0 Å². The predicted molar refractivity (Wildman–Crippen MR) is 163 cm³/mol. The summed E-state index contributed by atoms with van der Waals surface area (Å²) in [5.74, 6) is 3.85. The highest BCUT2D eigenvalue weighted by molar-refractivity contribution is 6.09. The third-order valence-electron chi connectivity index (χ3n) is 7.70. The van der Waals surface area contributed by atoms with E-state index in [9.17, 15) is 0 Å². The van der Waals surface area contributed by atoms with Crippen molar-refractivity contribution in [1.82, 2.24) is 19.9 Å². The number of allylic oxidation sites excluding steroid dienone is 4. The van der Waals surface area contributed by atoms with Gasteiger partial charge in [-0.2, -0.15) is 0 Å². The molecule has 2 aromatic heterocycles. The Balaban J connectivity index is 1.21. The van der Waals surface area contributed by atoms with Crippen LogP contribution in [0, 0.1) is 0 Å². The minimum Gasteiger partial charge on any atom is -0.456 e. The zero-order valence-corrected chi connectivity index (χ0v) is 22.1. The van der Waals surface area contributed by atoms with Crippen LogP contribution in [0.3, 0.4) is 0 Å². The van der Waals surface area contributed by atoms with Gasteiger partial charge in [0, 0.05) is 34.2 Å². The van der Waals surface area contributed by atoms with Gasteiger partial charge in [-0.1, -0.05) is 97.1 Å². The first-order valence-electron chi connectivity index (χ1n) is 13.8.